The maximum atomic E-state index is 5.71. The number of nitrogens with zero attached hydrogens (tertiary/aromatic N) is 7. The second-order valence-corrected chi connectivity index (χ2v) is 5.91. The van der Waals surface area contributed by atoms with Crippen LogP contribution in [0.1, 0.15) is 13.8 Å². The van der Waals surface area contributed by atoms with Gasteiger partial charge >= 0.3 is 0 Å². The molecule has 0 aliphatic rings. The van der Waals surface area contributed by atoms with Crippen molar-refractivity contribution in [2.75, 3.05) is 38.2 Å². The van der Waals surface area contributed by atoms with Crippen LogP contribution in [-0.2, 0) is 0 Å². The standard InChI is InChI=1S/C12H21N9/c1-12(2,6-20(3)4)5-15-10-17-9(13)18-11(19-10)21-8-14-7-16-21/h7-8H,5-6H2,1-4H3,(H3,13,15,17,18,19). The molecule has 0 bridgehead atoms. The highest BCUT2D eigenvalue weighted by molar-refractivity contribution is 5.34. The van der Waals surface area contributed by atoms with E-state index in [4.69, 9.17) is 5.73 Å². The molecule has 0 saturated carbocycles. The topological polar surface area (TPSA) is 111 Å². The highest BCUT2D eigenvalue weighted by Gasteiger charge is 2.19. The molecule has 0 fully saturated rings. The quantitative estimate of drug-likeness (QED) is 0.767. The summed E-state index contributed by atoms with van der Waals surface area (Å²) in [5.41, 5.74) is 5.78. The van der Waals surface area contributed by atoms with Crippen LogP contribution in [-0.4, -0.2) is 61.8 Å². The lowest BCUT2D eigenvalue weighted by Gasteiger charge is -2.28. The Bertz CT molecular complexity index is 576. The molecule has 0 atom stereocenters. The molecule has 0 unspecified atom stereocenters. The van der Waals surface area contributed by atoms with E-state index in [-0.39, 0.29) is 11.4 Å². The van der Waals surface area contributed by atoms with Gasteiger partial charge in [-0.25, -0.2) is 4.98 Å². The molecular formula is C12H21N9. The van der Waals surface area contributed by atoms with Gasteiger partial charge in [0.15, 0.2) is 0 Å². The van der Waals surface area contributed by atoms with E-state index in [0.717, 1.165) is 6.54 Å². The van der Waals surface area contributed by atoms with Crippen molar-refractivity contribution in [1.82, 2.24) is 34.6 Å². The van der Waals surface area contributed by atoms with Crippen molar-refractivity contribution in [2.24, 2.45) is 5.41 Å². The van der Waals surface area contributed by atoms with E-state index < -0.39 is 0 Å². The Kier molecular flexibility index (Phi) is 4.32. The number of nitrogens with two attached hydrogens (primary N) is 1. The van der Waals surface area contributed by atoms with Gasteiger partial charge in [-0.3, -0.25) is 0 Å². The van der Waals surface area contributed by atoms with Gasteiger partial charge in [-0.05, 0) is 19.5 Å². The third-order valence-corrected chi connectivity index (χ3v) is 2.73. The largest absolute Gasteiger partial charge is 0.368 e. The van der Waals surface area contributed by atoms with Crippen LogP contribution in [0.25, 0.3) is 5.95 Å². The number of anilines is 2. The molecule has 0 saturated heterocycles. The third kappa shape index (κ3) is 4.35. The van der Waals surface area contributed by atoms with E-state index in [2.05, 4.69) is 49.1 Å². The molecule has 2 aromatic heterocycles. The van der Waals surface area contributed by atoms with Gasteiger partial charge in [0.2, 0.25) is 11.9 Å². The van der Waals surface area contributed by atoms with Crippen molar-refractivity contribution >= 4 is 11.9 Å². The first kappa shape index (κ1) is 15.1. The number of nitrogens with one attached hydrogen (secondary N) is 1. The zero-order valence-electron chi connectivity index (χ0n) is 12.8. The SMILES string of the molecule is CN(C)CC(C)(C)CNc1nc(N)nc(-n2cncn2)n1. The summed E-state index contributed by atoms with van der Waals surface area (Å²) in [6, 6.07) is 0. The van der Waals surface area contributed by atoms with Crippen LogP contribution in [0.3, 0.4) is 0 Å². The van der Waals surface area contributed by atoms with Gasteiger partial charge in [0.1, 0.15) is 12.7 Å². The molecule has 9 nitrogen and oxygen atoms in total. The molecule has 2 aromatic rings. The van der Waals surface area contributed by atoms with Crippen LogP contribution in [0.2, 0.25) is 0 Å². The van der Waals surface area contributed by atoms with E-state index >= 15 is 0 Å². The molecule has 0 amide bonds. The van der Waals surface area contributed by atoms with Crippen molar-refractivity contribution in [3.8, 4) is 5.95 Å². The molecule has 3 N–H and O–H groups in total. The van der Waals surface area contributed by atoms with Gasteiger partial charge in [0.05, 0.1) is 0 Å². The van der Waals surface area contributed by atoms with Gasteiger partial charge in [-0.15, -0.1) is 0 Å². The van der Waals surface area contributed by atoms with Gasteiger partial charge in [-0.1, -0.05) is 13.8 Å². The summed E-state index contributed by atoms with van der Waals surface area (Å²) in [5, 5.41) is 7.18. The first-order chi connectivity index (χ1) is 9.85. The molecular weight excluding hydrogens is 270 g/mol. The van der Waals surface area contributed by atoms with Crippen LogP contribution in [0.5, 0.6) is 0 Å². The first-order valence-corrected chi connectivity index (χ1v) is 6.61. The lowest BCUT2D eigenvalue weighted by molar-refractivity contribution is 0.254. The first-order valence-electron chi connectivity index (χ1n) is 6.61. The van der Waals surface area contributed by atoms with Crippen molar-refractivity contribution in [2.45, 2.75) is 13.8 Å². The van der Waals surface area contributed by atoms with Gasteiger partial charge < -0.3 is 16.0 Å². The predicted molar refractivity (Wildman–Crippen MR) is 80.0 cm³/mol. The summed E-state index contributed by atoms with van der Waals surface area (Å²) in [4.78, 5) is 18.4. The fraction of sp³-hybridized carbons (Fsp3) is 0.583. The Labute approximate surface area is 123 Å². The summed E-state index contributed by atoms with van der Waals surface area (Å²) in [6.45, 7) is 5.99. The highest BCUT2D eigenvalue weighted by Crippen LogP contribution is 2.16. The lowest BCUT2D eigenvalue weighted by atomic mass is 9.93. The molecule has 2 heterocycles. The van der Waals surface area contributed by atoms with Crippen molar-refractivity contribution in [3.05, 3.63) is 12.7 Å². The second kappa shape index (κ2) is 6.00. The highest BCUT2D eigenvalue weighted by atomic mass is 15.4. The van der Waals surface area contributed by atoms with Gasteiger partial charge in [0.25, 0.3) is 5.95 Å². The monoisotopic (exact) mass is 291 g/mol. The maximum Gasteiger partial charge on any atom is 0.258 e. The van der Waals surface area contributed by atoms with Crippen LogP contribution < -0.4 is 11.1 Å². The van der Waals surface area contributed by atoms with Crippen LogP contribution in [0.15, 0.2) is 12.7 Å². The fourth-order valence-electron chi connectivity index (χ4n) is 2.10. The van der Waals surface area contributed by atoms with E-state index in [1.807, 2.05) is 14.1 Å². The molecule has 2 rings (SSSR count). The Morgan fingerprint density at radius 1 is 1.29 bits per heavy atom. The molecule has 0 spiro atoms. The number of rotatable bonds is 6. The van der Waals surface area contributed by atoms with Gasteiger partial charge in [-0.2, -0.15) is 24.7 Å². The predicted octanol–water partition coefficient (Wildman–Crippen LogP) is 0.0342. The minimum Gasteiger partial charge on any atom is -0.368 e. The zero-order chi connectivity index (χ0) is 15.5. The smallest absolute Gasteiger partial charge is 0.258 e. The summed E-state index contributed by atoms with van der Waals surface area (Å²) >= 11 is 0. The third-order valence-electron chi connectivity index (χ3n) is 2.73. The molecule has 0 radical (unpaired) electrons. The molecule has 0 aliphatic carbocycles. The number of hydrogen-bond acceptors (Lipinski definition) is 8. The van der Waals surface area contributed by atoms with E-state index in [0.29, 0.717) is 18.4 Å². The van der Waals surface area contributed by atoms with Crippen LogP contribution in [0, 0.1) is 5.41 Å². The average Bonchev–Trinajstić information content (AvgIpc) is 2.88. The molecule has 114 valence electrons. The average molecular weight is 291 g/mol. The number of nitrogen functional groups attached to an aromatic ring is 1. The Balaban J connectivity index is 2.10. The summed E-state index contributed by atoms with van der Waals surface area (Å²) in [6.07, 6.45) is 2.92. The zero-order valence-corrected chi connectivity index (χ0v) is 12.8. The van der Waals surface area contributed by atoms with E-state index in [1.165, 1.54) is 17.3 Å². The summed E-state index contributed by atoms with van der Waals surface area (Å²) in [7, 11) is 4.09. The second-order valence-electron chi connectivity index (χ2n) is 5.91. The molecule has 21 heavy (non-hydrogen) atoms. The van der Waals surface area contributed by atoms with Crippen molar-refractivity contribution < 1.29 is 0 Å². The lowest BCUT2D eigenvalue weighted by Crippen LogP contribution is -2.34. The Morgan fingerprint density at radius 2 is 2.05 bits per heavy atom. The van der Waals surface area contributed by atoms with E-state index in [9.17, 15) is 0 Å². The number of hydrogen-bond donors (Lipinski definition) is 2. The Hall–Kier alpha value is -2.29. The normalized spacial score (nSPS) is 11.9. The van der Waals surface area contributed by atoms with E-state index in [1.54, 1.807) is 0 Å². The number of aromatic nitrogens is 6. The fourth-order valence-corrected chi connectivity index (χ4v) is 2.10. The minimum absolute atomic E-state index is 0.0678. The van der Waals surface area contributed by atoms with Crippen molar-refractivity contribution in [1.29, 1.82) is 0 Å². The van der Waals surface area contributed by atoms with Crippen molar-refractivity contribution in [3.63, 3.8) is 0 Å². The van der Waals surface area contributed by atoms with Gasteiger partial charge in [0, 0.05) is 13.1 Å². The summed E-state index contributed by atoms with van der Waals surface area (Å²) in [5.74, 6) is 0.913. The molecule has 0 aromatic carbocycles. The van der Waals surface area contributed by atoms with Crippen LogP contribution in [0.4, 0.5) is 11.9 Å². The Morgan fingerprint density at radius 3 is 2.67 bits per heavy atom. The molecule has 9 heteroatoms. The molecule has 0 aliphatic heterocycles. The maximum absolute atomic E-state index is 5.71. The summed E-state index contributed by atoms with van der Waals surface area (Å²) < 4.78 is 1.44. The minimum atomic E-state index is 0.0678. The van der Waals surface area contributed by atoms with Crippen LogP contribution >= 0.6 is 0 Å².